The molecule has 0 saturated carbocycles. The van der Waals surface area contributed by atoms with Crippen LogP contribution in [0.1, 0.15) is 15.9 Å². The number of fused-ring (bicyclic) bond motifs is 1. The molecule has 3 rings (SSSR count). The van der Waals surface area contributed by atoms with Crippen molar-refractivity contribution in [3.63, 3.8) is 0 Å². The second-order valence-corrected chi connectivity index (χ2v) is 4.71. The number of amides is 1. The van der Waals surface area contributed by atoms with Crippen molar-refractivity contribution >= 4 is 17.6 Å². The Morgan fingerprint density at radius 2 is 2.10 bits per heavy atom. The summed E-state index contributed by atoms with van der Waals surface area (Å²) in [4.78, 5) is 28.5. The van der Waals surface area contributed by atoms with Gasteiger partial charge in [-0.15, -0.1) is 0 Å². The molecule has 20 heavy (non-hydrogen) atoms. The molecule has 1 aliphatic heterocycles. The standard InChI is InChI=1S/C15H12N2O3/c1-17-13-3-2-9(6-11(13)8-14(17)18)12-7-10(15(19)20)4-5-16-12/h2-7H,8H2,1H3,(H,19,20). The number of carboxylic acids is 1. The Hall–Kier alpha value is -2.69. The number of pyridine rings is 1. The molecule has 0 radical (unpaired) electrons. The average Bonchev–Trinajstić information content (AvgIpc) is 2.74. The van der Waals surface area contributed by atoms with Gasteiger partial charge in [0.05, 0.1) is 17.7 Å². The molecule has 0 bridgehead atoms. The number of nitrogens with zero attached hydrogens (tertiary/aromatic N) is 2. The fourth-order valence-electron chi connectivity index (χ4n) is 2.35. The number of likely N-dealkylation sites (N-methyl/N-ethyl adjacent to an activating group) is 1. The molecule has 1 aliphatic rings. The van der Waals surface area contributed by atoms with Crippen molar-refractivity contribution in [3.05, 3.63) is 47.7 Å². The van der Waals surface area contributed by atoms with Crippen LogP contribution in [0.3, 0.4) is 0 Å². The summed E-state index contributed by atoms with van der Waals surface area (Å²) < 4.78 is 0. The van der Waals surface area contributed by atoms with Crippen LogP contribution in [0.4, 0.5) is 5.69 Å². The molecule has 1 aromatic carbocycles. The molecule has 5 heteroatoms. The summed E-state index contributed by atoms with van der Waals surface area (Å²) in [6, 6.07) is 8.60. The number of aromatic nitrogens is 1. The van der Waals surface area contributed by atoms with Crippen LogP contribution in [0.5, 0.6) is 0 Å². The van der Waals surface area contributed by atoms with Crippen LogP contribution in [0.15, 0.2) is 36.5 Å². The van der Waals surface area contributed by atoms with Gasteiger partial charge in [0.2, 0.25) is 5.91 Å². The van der Waals surface area contributed by atoms with Crippen LogP contribution >= 0.6 is 0 Å². The number of anilines is 1. The van der Waals surface area contributed by atoms with Gasteiger partial charge >= 0.3 is 5.97 Å². The van der Waals surface area contributed by atoms with Crippen molar-refractivity contribution in [3.8, 4) is 11.3 Å². The van der Waals surface area contributed by atoms with E-state index >= 15 is 0 Å². The van der Waals surface area contributed by atoms with E-state index in [9.17, 15) is 9.59 Å². The summed E-state index contributed by atoms with van der Waals surface area (Å²) >= 11 is 0. The summed E-state index contributed by atoms with van der Waals surface area (Å²) in [6.07, 6.45) is 1.85. The Morgan fingerprint density at radius 3 is 2.85 bits per heavy atom. The third-order valence-electron chi connectivity index (χ3n) is 3.46. The highest BCUT2D eigenvalue weighted by atomic mass is 16.4. The minimum atomic E-state index is -0.982. The Bertz CT molecular complexity index is 725. The summed E-state index contributed by atoms with van der Waals surface area (Å²) in [5, 5.41) is 9.00. The van der Waals surface area contributed by atoms with Crippen LogP contribution < -0.4 is 4.90 Å². The summed E-state index contributed by atoms with van der Waals surface area (Å²) in [5.74, 6) is -0.922. The first-order valence-corrected chi connectivity index (χ1v) is 6.15. The minimum Gasteiger partial charge on any atom is -0.478 e. The predicted molar refractivity (Wildman–Crippen MR) is 73.7 cm³/mol. The van der Waals surface area contributed by atoms with Gasteiger partial charge in [-0.05, 0) is 29.8 Å². The lowest BCUT2D eigenvalue weighted by molar-refractivity contribution is -0.117. The van der Waals surface area contributed by atoms with Crippen LogP contribution in [-0.4, -0.2) is 29.0 Å². The van der Waals surface area contributed by atoms with Crippen LogP contribution in [0.25, 0.3) is 11.3 Å². The van der Waals surface area contributed by atoms with Gasteiger partial charge < -0.3 is 10.0 Å². The second kappa shape index (κ2) is 4.45. The molecular formula is C15H12N2O3. The molecule has 100 valence electrons. The Labute approximate surface area is 115 Å². The predicted octanol–water partition coefficient (Wildman–Crippen LogP) is 1.97. The van der Waals surface area contributed by atoms with Gasteiger partial charge in [-0.1, -0.05) is 6.07 Å². The van der Waals surface area contributed by atoms with Crippen LogP contribution in [0.2, 0.25) is 0 Å². The molecule has 1 aromatic heterocycles. The monoisotopic (exact) mass is 268 g/mol. The maximum absolute atomic E-state index is 11.7. The quantitative estimate of drug-likeness (QED) is 0.904. The van der Waals surface area contributed by atoms with E-state index < -0.39 is 5.97 Å². The molecule has 1 N–H and O–H groups in total. The highest BCUT2D eigenvalue weighted by Crippen LogP contribution is 2.31. The van der Waals surface area contributed by atoms with Crippen molar-refractivity contribution in [2.75, 3.05) is 11.9 Å². The van der Waals surface area contributed by atoms with Crippen LogP contribution in [0, 0.1) is 0 Å². The normalized spacial score (nSPS) is 13.4. The first-order chi connectivity index (χ1) is 9.56. The fourth-order valence-corrected chi connectivity index (χ4v) is 2.35. The maximum Gasteiger partial charge on any atom is 0.335 e. The summed E-state index contributed by atoms with van der Waals surface area (Å²) in [5.41, 5.74) is 3.44. The zero-order chi connectivity index (χ0) is 14.3. The largest absolute Gasteiger partial charge is 0.478 e. The molecule has 2 heterocycles. The third-order valence-corrected chi connectivity index (χ3v) is 3.46. The molecule has 0 unspecified atom stereocenters. The van der Waals surface area contributed by atoms with E-state index in [1.165, 1.54) is 18.3 Å². The summed E-state index contributed by atoms with van der Waals surface area (Å²) in [7, 11) is 1.75. The number of hydrogen-bond donors (Lipinski definition) is 1. The number of rotatable bonds is 2. The number of carbonyl (C=O) groups excluding carboxylic acids is 1. The number of carbonyl (C=O) groups is 2. The number of hydrogen-bond acceptors (Lipinski definition) is 3. The van der Waals surface area contributed by atoms with E-state index in [4.69, 9.17) is 5.11 Å². The van der Waals surface area contributed by atoms with Gasteiger partial charge in [0, 0.05) is 24.5 Å². The first-order valence-electron chi connectivity index (χ1n) is 6.15. The lowest BCUT2D eigenvalue weighted by Gasteiger charge is -2.10. The molecule has 5 nitrogen and oxygen atoms in total. The van der Waals surface area contributed by atoms with Crippen molar-refractivity contribution in [2.45, 2.75) is 6.42 Å². The molecule has 0 saturated heterocycles. The molecule has 0 fully saturated rings. The SMILES string of the molecule is CN1C(=O)Cc2cc(-c3cc(C(=O)O)ccn3)ccc21. The Balaban J connectivity index is 2.04. The molecule has 0 atom stereocenters. The van der Waals surface area contributed by atoms with Crippen molar-refractivity contribution < 1.29 is 14.7 Å². The van der Waals surface area contributed by atoms with Gasteiger partial charge in [-0.25, -0.2) is 4.79 Å². The Kier molecular flexibility index (Phi) is 2.75. The van der Waals surface area contributed by atoms with Gasteiger partial charge in [0.1, 0.15) is 0 Å². The van der Waals surface area contributed by atoms with Crippen LogP contribution in [-0.2, 0) is 11.2 Å². The first kappa shape index (κ1) is 12.3. The third kappa shape index (κ3) is 1.93. The van der Waals surface area contributed by atoms with E-state index in [2.05, 4.69) is 4.98 Å². The molecule has 2 aromatic rings. The smallest absolute Gasteiger partial charge is 0.335 e. The lowest BCUT2D eigenvalue weighted by Crippen LogP contribution is -2.20. The topological polar surface area (TPSA) is 70.5 Å². The molecule has 0 aliphatic carbocycles. The fraction of sp³-hybridized carbons (Fsp3) is 0.133. The number of aromatic carboxylic acids is 1. The molecular weight excluding hydrogens is 256 g/mol. The van der Waals surface area contributed by atoms with Gasteiger partial charge in [0.25, 0.3) is 0 Å². The lowest BCUT2D eigenvalue weighted by atomic mass is 10.0. The van der Waals surface area contributed by atoms with Crippen molar-refractivity contribution in [2.24, 2.45) is 0 Å². The molecule has 1 amide bonds. The number of carboxylic acid groups (broad SMARTS) is 1. The zero-order valence-corrected chi connectivity index (χ0v) is 10.8. The van der Waals surface area contributed by atoms with E-state index in [-0.39, 0.29) is 11.5 Å². The van der Waals surface area contributed by atoms with E-state index in [0.717, 1.165) is 16.8 Å². The van der Waals surface area contributed by atoms with E-state index in [1.54, 1.807) is 11.9 Å². The van der Waals surface area contributed by atoms with E-state index in [0.29, 0.717) is 12.1 Å². The van der Waals surface area contributed by atoms with Gasteiger partial charge in [0.15, 0.2) is 0 Å². The van der Waals surface area contributed by atoms with Gasteiger partial charge in [-0.2, -0.15) is 0 Å². The van der Waals surface area contributed by atoms with Crippen molar-refractivity contribution in [1.29, 1.82) is 0 Å². The summed E-state index contributed by atoms with van der Waals surface area (Å²) in [6.45, 7) is 0. The maximum atomic E-state index is 11.7. The second-order valence-electron chi connectivity index (χ2n) is 4.71. The van der Waals surface area contributed by atoms with Crippen molar-refractivity contribution in [1.82, 2.24) is 4.98 Å². The Morgan fingerprint density at radius 1 is 1.30 bits per heavy atom. The van der Waals surface area contributed by atoms with Gasteiger partial charge in [-0.3, -0.25) is 9.78 Å². The number of benzene rings is 1. The van der Waals surface area contributed by atoms with E-state index in [1.807, 2.05) is 18.2 Å². The minimum absolute atomic E-state index is 0.0596. The highest BCUT2D eigenvalue weighted by Gasteiger charge is 2.24. The highest BCUT2D eigenvalue weighted by molar-refractivity contribution is 6.01. The molecule has 0 spiro atoms. The zero-order valence-electron chi connectivity index (χ0n) is 10.8. The average molecular weight is 268 g/mol.